The van der Waals surface area contributed by atoms with E-state index in [4.69, 9.17) is 56.8 Å². The van der Waals surface area contributed by atoms with Gasteiger partial charge in [0.05, 0.1) is 44.5 Å². The average molecular weight is 1570 g/mol. The number of amides is 4. The molecule has 4 amide bonds. The highest BCUT2D eigenvalue weighted by Gasteiger charge is 2.68. The minimum absolute atomic E-state index is 0.00655. The highest BCUT2D eigenvalue weighted by molar-refractivity contribution is 5.87. The van der Waals surface area contributed by atoms with Gasteiger partial charge in [0.15, 0.2) is 12.1 Å². The fourth-order valence-corrected chi connectivity index (χ4v) is 23.4. The summed E-state index contributed by atoms with van der Waals surface area (Å²) in [5, 5.41) is 2.18. The Morgan fingerprint density at radius 1 is 0.518 bits per heavy atom. The van der Waals surface area contributed by atoms with E-state index < -0.39 is 41.8 Å². The number of hydrogen-bond acceptors (Lipinski definition) is 20. The molecule has 10 atom stereocenters. The normalized spacial score (nSPS) is 35.6. The zero-order chi connectivity index (χ0) is 78.1. The lowest BCUT2D eigenvalue weighted by atomic mass is 9.53. The van der Waals surface area contributed by atoms with E-state index in [0.717, 1.165) is 204 Å². The number of fused-ring (bicyclic) bond motifs is 7. The molecule has 0 N–H and O–H groups in total. The van der Waals surface area contributed by atoms with Crippen molar-refractivity contribution >= 4 is 59.3 Å². The summed E-state index contributed by atoms with van der Waals surface area (Å²) in [6, 6.07) is 29.8. The predicted molar refractivity (Wildman–Crippen MR) is 413 cm³/mol. The van der Waals surface area contributed by atoms with Crippen LogP contribution in [0.25, 0.3) is 10.8 Å². The quantitative estimate of drug-likeness (QED) is 0.0521. The van der Waals surface area contributed by atoms with Crippen LogP contribution in [-0.2, 0) is 91.0 Å². The number of ether oxygens (including phenoxy) is 12. The van der Waals surface area contributed by atoms with Gasteiger partial charge in [-0.15, -0.1) is 0 Å². The predicted octanol–water partition coefficient (Wildman–Crippen LogP) is 15.3. The number of unbranched alkanes of at least 4 members (excludes halogenated alkanes) is 1. The average Bonchev–Trinajstić information content (AvgIpc) is 1.93. The molecule has 4 aromatic carbocycles. The monoisotopic (exact) mass is 1570 g/mol. The second-order valence-electron chi connectivity index (χ2n) is 35.7. The molecule has 24 nitrogen and oxygen atoms in total. The second-order valence-corrected chi connectivity index (χ2v) is 35.7. The Morgan fingerprint density at radius 2 is 1.13 bits per heavy atom. The van der Waals surface area contributed by atoms with Crippen molar-refractivity contribution in [3.8, 4) is 5.75 Å². The van der Waals surface area contributed by atoms with E-state index in [-0.39, 0.29) is 79.7 Å². The topological polar surface area (TPSA) is 260 Å². The summed E-state index contributed by atoms with van der Waals surface area (Å²) in [5.74, 6) is 2.90. The van der Waals surface area contributed by atoms with E-state index in [2.05, 4.69) is 0 Å². The van der Waals surface area contributed by atoms with Crippen LogP contribution in [0, 0.1) is 65.1 Å². The van der Waals surface area contributed by atoms with Crippen molar-refractivity contribution < 1.29 is 95.2 Å². The lowest BCUT2D eigenvalue weighted by Crippen LogP contribution is -2.70. The molecule has 7 heterocycles. The number of likely N-dealkylation sites (tertiary alicyclic amines) is 3. The van der Waals surface area contributed by atoms with Gasteiger partial charge in [0.25, 0.3) is 0 Å². The smallest absolute Gasteiger partial charge is 0.412 e. The molecule has 614 valence electrons. The van der Waals surface area contributed by atoms with Gasteiger partial charge in [0, 0.05) is 81.6 Å². The first-order valence-electron chi connectivity index (χ1n) is 43.3. The van der Waals surface area contributed by atoms with E-state index in [0.29, 0.717) is 101 Å². The number of methoxy groups -OCH3 is 1. The Bertz CT molecular complexity index is 4030. The molecule has 22 rings (SSSR count). The fourth-order valence-electron chi connectivity index (χ4n) is 23.4. The molecule has 4 aromatic rings. The molecule has 11 saturated carbocycles. The Balaban J connectivity index is 0.000000111. The van der Waals surface area contributed by atoms with Gasteiger partial charge in [-0.25, -0.2) is 28.8 Å². The van der Waals surface area contributed by atoms with Crippen molar-refractivity contribution in [3.05, 3.63) is 114 Å². The molecule has 18 aliphatic rings. The molecule has 24 heteroatoms. The molecule has 0 radical (unpaired) electrons. The highest BCUT2D eigenvalue weighted by Crippen LogP contribution is 2.64. The number of nitrogens with zero attached hydrogens (tertiary/aromatic N) is 4. The third-order valence-electron chi connectivity index (χ3n) is 28.5. The van der Waals surface area contributed by atoms with Gasteiger partial charge in [0.2, 0.25) is 23.7 Å². The molecule has 3 spiro atoms. The highest BCUT2D eigenvalue weighted by atomic mass is 16.8. The van der Waals surface area contributed by atoms with Crippen molar-refractivity contribution in [2.24, 2.45) is 65.1 Å². The molecular formula is C90H114N4O20. The maximum absolute atomic E-state index is 13.4. The maximum atomic E-state index is 13.4. The summed E-state index contributed by atoms with van der Waals surface area (Å²) in [7, 11) is 1.61. The SMILES string of the molecule is COc1ccc(COC(=O)N(CCCC=O)Cc2ccccc2)cc1.O=C1OC2(CC3CCC2C3)OC2CN(C(=O)OC3CCCCO3)CCC12.O=C1OC2(OC3CCCN(C(=O)OC4CCCCC4)C13)C1CC3CC(C1)CC2C3.O=C1OC2(OC3CCCN(C(=O)OCc4cccc5ccccc45)C13)C1CC3CC(C1)CC2C3. The minimum atomic E-state index is -0.762. The Hall–Kier alpha value is -8.06. The van der Waals surface area contributed by atoms with Crippen molar-refractivity contribution in [2.75, 3.05) is 46.4 Å². The second kappa shape index (κ2) is 34.2. The van der Waals surface area contributed by atoms with Gasteiger partial charge < -0.3 is 71.4 Å². The van der Waals surface area contributed by atoms with Crippen LogP contribution in [0.4, 0.5) is 19.2 Å². The number of benzene rings is 4. The zero-order valence-electron chi connectivity index (χ0n) is 66.0. The van der Waals surface area contributed by atoms with Crippen LogP contribution < -0.4 is 4.74 Å². The Kier molecular flexibility index (Phi) is 23.6. The lowest BCUT2D eigenvalue weighted by molar-refractivity contribution is -0.364. The van der Waals surface area contributed by atoms with Crippen molar-refractivity contribution in [1.82, 2.24) is 19.6 Å². The van der Waals surface area contributed by atoms with E-state index in [9.17, 15) is 38.4 Å². The van der Waals surface area contributed by atoms with Gasteiger partial charge in [-0.2, -0.15) is 0 Å². The largest absolute Gasteiger partial charge is 0.497 e. The number of carbonyl (C=O) groups excluding carboxylic acids is 8. The lowest BCUT2D eigenvalue weighted by Gasteiger charge is -2.62. The van der Waals surface area contributed by atoms with Crippen molar-refractivity contribution in [1.29, 1.82) is 0 Å². The standard InChI is InChI=1S/C28H31NO5.C23H33NO5.C20H23NO4.C19H27NO6/c30-26-25-24(33-28(34-26)21-12-17-11-18(14-21)15-22(28)13-17)9-4-10-29(25)27(31)32-16-20-7-3-6-19-5-1-2-8-23(19)20;25-21-20-19(7-4-8-24(20)22(26)27-18-5-2-1-3-6-18)28-23(29-21)16-10-14-9-15(12-16)13-17(23)11-14;1-24-19-11-9-18(10-12-19)16-25-20(23)21(13-5-6-14-22)15-17-7-3-2-4-8-17;21-17-14-6-7-20(18(22)24-16-3-1-2-8-23-16)11-15(14)25-19(26-17)10-12-4-5-13(19)9-12/h1-3,5-8,17-18,21-22,24-25H,4,9-16H2;14-20H,1-13H2;2-4,7-12,14H,5-6,13,15-16H2,1H3;12-16H,1-11H2. The molecule has 0 aromatic heterocycles. The third-order valence-corrected chi connectivity index (χ3v) is 28.5. The molecule has 10 unspecified atom stereocenters. The molecule has 10 bridgehead atoms. The van der Waals surface area contributed by atoms with Gasteiger partial charge >= 0.3 is 42.3 Å². The van der Waals surface area contributed by atoms with Gasteiger partial charge in [-0.1, -0.05) is 91.3 Å². The number of aldehydes is 1. The summed E-state index contributed by atoms with van der Waals surface area (Å²) < 4.78 is 71.1. The number of hydrogen-bond donors (Lipinski definition) is 0. The van der Waals surface area contributed by atoms with E-state index in [1.54, 1.807) is 26.7 Å². The molecule has 11 aliphatic carbocycles. The summed E-state index contributed by atoms with van der Waals surface area (Å²) >= 11 is 0. The van der Waals surface area contributed by atoms with Crippen LogP contribution in [0.3, 0.4) is 0 Å². The van der Waals surface area contributed by atoms with Crippen LogP contribution in [0.2, 0.25) is 0 Å². The summed E-state index contributed by atoms with van der Waals surface area (Å²) in [6.07, 6.45) is 26.8. The molecule has 18 fully saturated rings. The minimum Gasteiger partial charge on any atom is -0.497 e. The van der Waals surface area contributed by atoms with Gasteiger partial charge in [-0.3, -0.25) is 14.6 Å². The van der Waals surface area contributed by atoms with Gasteiger partial charge in [0.1, 0.15) is 31.4 Å². The maximum Gasteiger partial charge on any atom is 0.412 e. The number of esters is 3. The summed E-state index contributed by atoms with van der Waals surface area (Å²) in [6.45, 7) is 3.86. The number of piperidine rings is 3. The van der Waals surface area contributed by atoms with Gasteiger partial charge in [-0.05, 0) is 230 Å². The molecule has 7 saturated heterocycles. The van der Waals surface area contributed by atoms with Crippen LogP contribution in [0.1, 0.15) is 203 Å². The number of rotatable bonds is 13. The molecule has 7 aliphatic heterocycles. The summed E-state index contributed by atoms with van der Waals surface area (Å²) in [5.41, 5.74) is 2.87. The summed E-state index contributed by atoms with van der Waals surface area (Å²) in [4.78, 5) is 107. The Labute approximate surface area is 668 Å². The first-order valence-corrected chi connectivity index (χ1v) is 43.3. The fraction of sp³-hybridized carbons (Fsp3) is 0.667. The van der Waals surface area contributed by atoms with Crippen LogP contribution >= 0.6 is 0 Å². The number of carbonyl (C=O) groups is 8. The zero-order valence-corrected chi connectivity index (χ0v) is 66.0. The van der Waals surface area contributed by atoms with E-state index in [1.165, 1.54) is 25.7 Å². The Morgan fingerprint density at radius 3 is 1.74 bits per heavy atom. The first kappa shape index (κ1) is 78.5. The van der Waals surface area contributed by atoms with E-state index in [1.807, 2.05) is 97.1 Å². The first-order chi connectivity index (χ1) is 55.6. The van der Waals surface area contributed by atoms with Crippen molar-refractivity contribution in [2.45, 2.75) is 266 Å². The molecular weight excluding hydrogens is 1460 g/mol. The molecule has 114 heavy (non-hydrogen) atoms. The third kappa shape index (κ3) is 16.4. The van der Waals surface area contributed by atoms with Crippen molar-refractivity contribution in [3.63, 3.8) is 0 Å². The van der Waals surface area contributed by atoms with Crippen LogP contribution in [0.15, 0.2) is 97.1 Å². The van der Waals surface area contributed by atoms with Crippen LogP contribution in [-0.4, -0.2) is 175 Å². The van der Waals surface area contributed by atoms with E-state index >= 15 is 0 Å². The van der Waals surface area contributed by atoms with Crippen LogP contribution in [0.5, 0.6) is 5.75 Å².